The van der Waals surface area contributed by atoms with E-state index in [4.69, 9.17) is 9.72 Å². The lowest BCUT2D eigenvalue weighted by molar-refractivity contribution is -0.138. The number of anilines is 2. The molecule has 8 nitrogen and oxygen atoms in total. The number of carbonyl (C=O) groups is 1. The van der Waals surface area contributed by atoms with Gasteiger partial charge in [-0.3, -0.25) is 0 Å². The first-order chi connectivity index (χ1) is 17.5. The van der Waals surface area contributed by atoms with Gasteiger partial charge in [0.25, 0.3) is 0 Å². The van der Waals surface area contributed by atoms with E-state index >= 15 is 0 Å². The van der Waals surface area contributed by atoms with Gasteiger partial charge in [0.2, 0.25) is 0 Å². The Labute approximate surface area is 213 Å². The van der Waals surface area contributed by atoms with Gasteiger partial charge in [-0.2, -0.15) is 0 Å². The summed E-state index contributed by atoms with van der Waals surface area (Å²) in [5, 5.41) is 17.6. The maximum atomic E-state index is 12.1. The van der Waals surface area contributed by atoms with Crippen LogP contribution in [0.25, 0.3) is 10.9 Å². The zero-order valence-corrected chi connectivity index (χ0v) is 21.5. The average molecular weight is 494 g/mol. The van der Waals surface area contributed by atoms with Crippen LogP contribution in [-0.2, 0) is 29.4 Å². The highest BCUT2D eigenvalue weighted by Crippen LogP contribution is 2.26. The van der Waals surface area contributed by atoms with Crippen molar-refractivity contribution in [1.82, 2.24) is 14.5 Å². The second-order valence-electron chi connectivity index (χ2n) is 9.63. The van der Waals surface area contributed by atoms with Crippen molar-refractivity contribution < 1.29 is 14.6 Å². The van der Waals surface area contributed by atoms with Crippen LogP contribution in [0.3, 0.4) is 0 Å². The summed E-state index contributed by atoms with van der Waals surface area (Å²) in [6, 6.07) is 11.7. The highest BCUT2D eigenvalue weighted by molar-refractivity contribution is 5.94. The van der Waals surface area contributed by atoms with Crippen LogP contribution in [0, 0.1) is 0 Å². The molecule has 0 fully saturated rings. The van der Waals surface area contributed by atoms with E-state index in [0.717, 1.165) is 73.4 Å². The topological polar surface area (TPSA) is 91.7 Å². The van der Waals surface area contributed by atoms with E-state index < -0.39 is 12.0 Å². The number of carboxylic acids is 1. The van der Waals surface area contributed by atoms with Gasteiger partial charge in [0.1, 0.15) is 11.9 Å². The SMILES string of the molecule is COCCN(CCCCc1ccc2c(n1)NCCC2)CC[C@H](Nc1cn(C)c2ccccc12)C(=O)O. The molecule has 0 saturated carbocycles. The van der Waals surface area contributed by atoms with E-state index in [0.29, 0.717) is 19.6 Å². The number of benzene rings is 1. The molecule has 3 N–H and O–H groups in total. The number of pyridine rings is 1. The van der Waals surface area contributed by atoms with Gasteiger partial charge in [-0.1, -0.05) is 24.3 Å². The number of carboxylic acid groups (broad SMARTS) is 1. The first-order valence-corrected chi connectivity index (χ1v) is 13.0. The summed E-state index contributed by atoms with van der Waals surface area (Å²) in [6.45, 7) is 4.03. The molecule has 1 aliphatic rings. The first-order valence-electron chi connectivity index (χ1n) is 13.0. The predicted octanol–water partition coefficient (Wildman–Crippen LogP) is 4.16. The van der Waals surface area contributed by atoms with Gasteiger partial charge in [-0.05, 0) is 62.8 Å². The van der Waals surface area contributed by atoms with Crippen molar-refractivity contribution in [2.24, 2.45) is 7.05 Å². The van der Waals surface area contributed by atoms with Crippen LogP contribution in [0.15, 0.2) is 42.6 Å². The quantitative estimate of drug-likeness (QED) is 0.291. The zero-order valence-electron chi connectivity index (χ0n) is 21.5. The molecule has 3 heterocycles. The molecule has 3 aromatic rings. The van der Waals surface area contributed by atoms with Crippen LogP contribution in [0.2, 0.25) is 0 Å². The third kappa shape index (κ3) is 6.77. The number of aryl methyl sites for hydroxylation is 3. The summed E-state index contributed by atoms with van der Waals surface area (Å²) in [4.78, 5) is 19.2. The number of para-hydroxylation sites is 1. The monoisotopic (exact) mass is 493 g/mol. The van der Waals surface area contributed by atoms with Crippen molar-refractivity contribution in [3.05, 3.63) is 53.9 Å². The molecule has 0 amide bonds. The Morgan fingerprint density at radius 3 is 2.92 bits per heavy atom. The van der Waals surface area contributed by atoms with Crippen molar-refractivity contribution in [3.8, 4) is 0 Å². The highest BCUT2D eigenvalue weighted by atomic mass is 16.5. The number of aromatic nitrogens is 2. The Kier molecular flexibility index (Phi) is 9.19. The predicted molar refractivity (Wildman–Crippen MR) is 145 cm³/mol. The molecule has 0 saturated heterocycles. The van der Waals surface area contributed by atoms with Crippen LogP contribution in [-0.4, -0.2) is 71.5 Å². The van der Waals surface area contributed by atoms with Crippen LogP contribution < -0.4 is 10.6 Å². The van der Waals surface area contributed by atoms with Crippen molar-refractivity contribution in [3.63, 3.8) is 0 Å². The van der Waals surface area contributed by atoms with E-state index in [1.165, 1.54) is 12.0 Å². The number of nitrogens with one attached hydrogen (secondary N) is 2. The molecule has 8 heteroatoms. The minimum absolute atomic E-state index is 0.514. The lowest BCUT2D eigenvalue weighted by Crippen LogP contribution is -2.36. The summed E-state index contributed by atoms with van der Waals surface area (Å²) >= 11 is 0. The van der Waals surface area contributed by atoms with Crippen molar-refractivity contribution >= 4 is 28.4 Å². The third-order valence-electron chi connectivity index (χ3n) is 6.98. The summed E-state index contributed by atoms with van der Waals surface area (Å²) < 4.78 is 7.33. The van der Waals surface area contributed by atoms with Gasteiger partial charge in [-0.15, -0.1) is 0 Å². The van der Waals surface area contributed by atoms with E-state index in [1.54, 1.807) is 7.11 Å². The third-order valence-corrected chi connectivity index (χ3v) is 6.98. The number of unbranched alkanes of at least 4 members (excludes halogenated alkanes) is 1. The van der Waals surface area contributed by atoms with Gasteiger partial charge in [0, 0.05) is 56.6 Å². The summed E-state index contributed by atoms with van der Waals surface area (Å²) in [6.07, 6.45) is 7.79. The largest absolute Gasteiger partial charge is 0.480 e. The molecule has 36 heavy (non-hydrogen) atoms. The zero-order chi connectivity index (χ0) is 25.3. The van der Waals surface area contributed by atoms with E-state index in [-0.39, 0.29) is 0 Å². The van der Waals surface area contributed by atoms with Crippen molar-refractivity contribution in [2.45, 2.75) is 44.6 Å². The summed E-state index contributed by atoms with van der Waals surface area (Å²) in [5.41, 5.74) is 4.39. The number of aliphatic carboxylic acids is 1. The summed E-state index contributed by atoms with van der Waals surface area (Å²) in [5.74, 6) is 0.223. The number of hydrogen-bond donors (Lipinski definition) is 3. The van der Waals surface area contributed by atoms with Gasteiger partial charge in [-0.25, -0.2) is 9.78 Å². The normalized spacial score (nSPS) is 14.0. The van der Waals surface area contributed by atoms with Crippen LogP contribution in [0.4, 0.5) is 11.5 Å². The molecule has 0 unspecified atom stereocenters. The van der Waals surface area contributed by atoms with Crippen molar-refractivity contribution in [2.75, 3.05) is 50.5 Å². The fourth-order valence-electron chi connectivity index (χ4n) is 4.92. The Bertz CT molecular complexity index is 1150. The second kappa shape index (κ2) is 12.7. The smallest absolute Gasteiger partial charge is 0.326 e. The molecule has 1 aromatic carbocycles. The number of rotatable bonds is 14. The molecule has 2 aromatic heterocycles. The van der Waals surface area contributed by atoms with Crippen molar-refractivity contribution in [1.29, 1.82) is 0 Å². The highest BCUT2D eigenvalue weighted by Gasteiger charge is 2.20. The lowest BCUT2D eigenvalue weighted by Gasteiger charge is -2.24. The van der Waals surface area contributed by atoms with Crippen LogP contribution in [0.1, 0.15) is 36.9 Å². The van der Waals surface area contributed by atoms with E-state index in [9.17, 15) is 9.90 Å². The molecule has 0 bridgehead atoms. The Hall–Kier alpha value is -3.10. The molecule has 194 valence electrons. The number of fused-ring (bicyclic) bond motifs is 2. The maximum Gasteiger partial charge on any atom is 0.326 e. The minimum Gasteiger partial charge on any atom is -0.480 e. The fraction of sp³-hybridized carbons (Fsp3) is 0.500. The minimum atomic E-state index is -0.832. The van der Waals surface area contributed by atoms with Gasteiger partial charge < -0.3 is 29.9 Å². The first kappa shape index (κ1) is 26.0. The number of nitrogens with zero attached hydrogens (tertiary/aromatic N) is 3. The number of ether oxygens (including phenoxy) is 1. The van der Waals surface area contributed by atoms with Crippen LogP contribution in [0.5, 0.6) is 0 Å². The molecule has 4 rings (SSSR count). The Morgan fingerprint density at radius 1 is 1.22 bits per heavy atom. The average Bonchev–Trinajstić information content (AvgIpc) is 3.21. The standard InChI is InChI=1S/C28H39N5O3/c1-32-20-25(23-10-3-4-11-26(23)32)31-24(28(34)35)14-17-33(18-19-36-2)16-6-5-9-22-13-12-21-8-7-15-29-27(21)30-22/h3-4,10-13,20,24,31H,5-9,14-19H2,1-2H3,(H,29,30)(H,34,35)/t24-/m0/s1. The second-order valence-corrected chi connectivity index (χ2v) is 9.63. The Balaban J connectivity index is 1.29. The molecule has 1 aliphatic heterocycles. The molecule has 0 radical (unpaired) electrons. The molecular weight excluding hydrogens is 454 g/mol. The molecule has 1 atom stereocenters. The maximum absolute atomic E-state index is 12.1. The van der Waals surface area contributed by atoms with Gasteiger partial charge in [0.05, 0.1) is 12.3 Å². The van der Waals surface area contributed by atoms with E-state index in [2.05, 4.69) is 27.7 Å². The molecule has 0 spiro atoms. The van der Waals surface area contributed by atoms with E-state index in [1.807, 2.05) is 42.1 Å². The summed E-state index contributed by atoms with van der Waals surface area (Å²) in [7, 11) is 3.68. The lowest BCUT2D eigenvalue weighted by atomic mass is 10.1. The number of methoxy groups -OCH3 is 1. The fourth-order valence-corrected chi connectivity index (χ4v) is 4.92. The Morgan fingerprint density at radius 2 is 2.08 bits per heavy atom. The van der Waals surface area contributed by atoms with Gasteiger partial charge >= 0.3 is 5.97 Å². The molecular formula is C28H39N5O3. The van der Waals surface area contributed by atoms with Gasteiger partial charge in [0.15, 0.2) is 0 Å². The molecule has 0 aliphatic carbocycles. The number of hydrogen-bond acceptors (Lipinski definition) is 6. The van der Waals surface area contributed by atoms with Crippen LogP contribution >= 0.6 is 0 Å².